The standard InChI is InChI=1S/C30H27N7O/c1-29-17-30(2,25(37-18-33-36-26(29)37)23-5-3-4-6-24(23)29)27(38)35-28-32-16-22(34-28)15-19-7-9-20(10-8-19)21-11-13-31-14-12-21/h3-14,16,18,25H,15,17H2,1-2H3,(H2,32,34,35,38). The van der Waals surface area contributed by atoms with Gasteiger partial charge in [0, 0.05) is 25.0 Å². The summed E-state index contributed by atoms with van der Waals surface area (Å²) in [6.45, 7) is 4.20. The van der Waals surface area contributed by atoms with Gasteiger partial charge in [-0.25, -0.2) is 4.98 Å². The number of fused-ring (bicyclic) bond motifs is 1. The molecule has 2 aliphatic heterocycles. The number of pyridine rings is 1. The Morgan fingerprint density at radius 3 is 2.63 bits per heavy atom. The van der Waals surface area contributed by atoms with E-state index in [2.05, 4.69) is 84.4 Å². The van der Waals surface area contributed by atoms with Gasteiger partial charge in [0.05, 0.1) is 22.6 Å². The van der Waals surface area contributed by atoms with Gasteiger partial charge in [-0.1, -0.05) is 48.5 Å². The van der Waals surface area contributed by atoms with Gasteiger partial charge in [0.15, 0.2) is 0 Å². The summed E-state index contributed by atoms with van der Waals surface area (Å²) in [5.74, 6) is 1.32. The third-order valence-electron chi connectivity index (χ3n) is 8.25. The molecule has 2 N–H and O–H groups in total. The molecule has 5 heterocycles. The molecule has 38 heavy (non-hydrogen) atoms. The molecule has 0 fully saturated rings. The van der Waals surface area contributed by atoms with Crippen molar-refractivity contribution in [3.63, 3.8) is 0 Å². The number of aromatic nitrogens is 6. The van der Waals surface area contributed by atoms with E-state index in [-0.39, 0.29) is 11.9 Å². The van der Waals surface area contributed by atoms with Gasteiger partial charge in [-0.15, -0.1) is 10.2 Å². The Balaban J connectivity index is 1.11. The SMILES string of the molecule is CC12CC(C)(C(=O)Nc3nc(Cc4ccc(-c5ccncc5)cc4)c[nH]3)C(c3ccccc31)n1cnnc12. The summed E-state index contributed by atoms with van der Waals surface area (Å²) in [6.07, 6.45) is 8.51. The van der Waals surface area contributed by atoms with E-state index in [0.717, 1.165) is 33.8 Å². The fourth-order valence-electron chi connectivity index (χ4n) is 6.53. The van der Waals surface area contributed by atoms with Crippen LogP contribution in [0.3, 0.4) is 0 Å². The molecular formula is C30H27N7O. The first-order chi connectivity index (χ1) is 18.5. The second kappa shape index (κ2) is 8.21. The van der Waals surface area contributed by atoms with Crippen LogP contribution in [0, 0.1) is 5.41 Å². The molecule has 188 valence electrons. The van der Waals surface area contributed by atoms with Crippen LogP contribution < -0.4 is 5.32 Å². The average Bonchev–Trinajstić information content (AvgIpc) is 3.60. The molecule has 3 aliphatic rings. The molecule has 1 aliphatic carbocycles. The minimum atomic E-state index is -0.700. The van der Waals surface area contributed by atoms with Gasteiger partial charge in [0.1, 0.15) is 12.2 Å². The predicted molar refractivity (Wildman–Crippen MR) is 143 cm³/mol. The van der Waals surface area contributed by atoms with E-state index >= 15 is 0 Å². The lowest BCUT2D eigenvalue weighted by molar-refractivity contribution is -0.129. The lowest BCUT2D eigenvalue weighted by atomic mass is 9.55. The molecule has 0 radical (unpaired) electrons. The molecule has 5 aromatic rings. The number of aromatic amines is 1. The highest BCUT2D eigenvalue weighted by Crippen LogP contribution is 2.60. The first-order valence-electron chi connectivity index (χ1n) is 12.8. The quantitative estimate of drug-likeness (QED) is 0.356. The summed E-state index contributed by atoms with van der Waals surface area (Å²) >= 11 is 0. The zero-order chi connectivity index (χ0) is 25.9. The molecule has 8 nitrogen and oxygen atoms in total. The van der Waals surface area contributed by atoms with Gasteiger partial charge in [0.2, 0.25) is 11.9 Å². The molecule has 0 spiro atoms. The molecule has 8 heteroatoms. The van der Waals surface area contributed by atoms with Crippen molar-refractivity contribution in [2.75, 3.05) is 5.32 Å². The molecule has 2 bridgehead atoms. The van der Waals surface area contributed by atoms with Gasteiger partial charge < -0.3 is 9.55 Å². The van der Waals surface area contributed by atoms with E-state index in [1.165, 1.54) is 5.56 Å². The third kappa shape index (κ3) is 3.33. The zero-order valence-corrected chi connectivity index (χ0v) is 21.2. The number of anilines is 1. The van der Waals surface area contributed by atoms with Gasteiger partial charge in [-0.05, 0) is 60.2 Å². The fourth-order valence-corrected chi connectivity index (χ4v) is 6.53. The van der Waals surface area contributed by atoms with Gasteiger partial charge in [0.25, 0.3) is 0 Å². The van der Waals surface area contributed by atoms with Crippen LogP contribution in [-0.4, -0.2) is 35.6 Å². The van der Waals surface area contributed by atoms with Crippen molar-refractivity contribution in [2.24, 2.45) is 5.41 Å². The lowest BCUT2D eigenvalue weighted by Gasteiger charge is -2.54. The van der Waals surface area contributed by atoms with E-state index in [1.54, 1.807) is 18.7 Å². The minimum Gasteiger partial charge on any atom is -0.330 e. The number of imidazole rings is 1. The van der Waals surface area contributed by atoms with Crippen LogP contribution in [-0.2, 0) is 16.6 Å². The topological polar surface area (TPSA) is 101 Å². The largest absolute Gasteiger partial charge is 0.330 e. The van der Waals surface area contributed by atoms with Crippen LogP contribution in [0.4, 0.5) is 5.95 Å². The smallest absolute Gasteiger partial charge is 0.235 e. The summed E-state index contributed by atoms with van der Waals surface area (Å²) in [5.41, 5.74) is 5.58. The first kappa shape index (κ1) is 22.6. The van der Waals surface area contributed by atoms with E-state index in [4.69, 9.17) is 0 Å². The summed E-state index contributed by atoms with van der Waals surface area (Å²) in [7, 11) is 0. The highest BCUT2D eigenvalue weighted by molar-refractivity contribution is 5.95. The molecule has 8 rings (SSSR count). The molecule has 3 atom stereocenters. The van der Waals surface area contributed by atoms with Gasteiger partial charge in [-0.3, -0.25) is 15.1 Å². The van der Waals surface area contributed by atoms with Crippen LogP contribution in [0.2, 0.25) is 0 Å². The Morgan fingerprint density at radius 1 is 1.05 bits per heavy atom. The van der Waals surface area contributed by atoms with Crippen molar-refractivity contribution < 1.29 is 4.79 Å². The summed E-state index contributed by atoms with van der Waals surface area (Å²) in [4.78, 5) is 25.8. The summed E-state index contributed by atoms with van der Waals surface area (Å²) in [5, 5.41) is 11.7. The molecular weight excluding hydrogens is 474 g/mol. The molecule has 3 aromatic heterocycles. The summed E-state index contributed by atoms with van der Waals surface area (Å²) < 4.78 is 2.08. The van der Waals surface area contributed by atoms with Gasteiger partial charge >= 0.3 is 0 Å². The number of nitrogens with zero attached hydrogens (tertiary/aromatic N) is 5. The van der Waals surface area contributed by atoms with Crippen LogP contribution in [0.5, 0.6) is 0 Å². The Hall–Kier alpha value is -4.59. The number of rotatable bonds is 5. The normalized spacial score (nSPS) is 23.1. The van der Waals surface area contributed by atoms with Crippen molar-refractivity contribution in [3.05, 3.63) is 114 Å². The number of amides is 1. The third-order valence-corrected chi connectivity index (χ3v) is 8.25. The first-order valence-corrected chi connectivity index (χ1v) is 12.8. The number of hydrogen-bond donors (Lipinski definition) is 2. The zero-order valence-electron chi connectivity index (χ0n) is 21.2. The number of hydrogen-bond acceptors (Lipinski definition) is 5. The number of H-pyrrole nitrogens is 1. The maximum Gasteiger partial charge on any atom is 0.235 e. The fraction of sp³-hybridized carbons (Fsp3) is 0.233. The number of carbonyl (C=O) groups excluding carboxylic acids is 1. The van der Waals surface area contributed by atoms with Crippen molar-refractivity contribution in [3.8, 4) is 11.1 Å². The second-order valence-corrected chi connectivity index (χ2v) is 10.8. The average molecular weight is 502 g/mol. The van der Waals surface area contributed by atoms with Crippen LogP contribution in [0.1, 0.15) is 54.5 Å². The van der Waals surface area contributed by atoms with E-state index < -0.39 is 10.8 Å². The van der Waals surface area contributed by atoms with Crippen molar-refractivity contribution >= 4 is 11.9 Å². The Kier molecular flexibility index (Phi) is 4.88. The van der Waals surface area contributed by atoms with Crippen molar-refractivity contribution in [1.29, 1.82) is 0 Å². The highest BCUT2D eigenvalue weighted by Gasteiger charge is 2.60. The van der Waals surface area contributed by atoms with E-state index in [1.807, 2.05) is 31.3 Å². The van der Waals surface area contributed by atoms with E-state index in [9.17, 15) is 4.79 Å². The number of benzene rings is 2. The predicted octanol–water partition coefficient (Wildman–Crippen LogP) is 4.91. The maximum absolute atomic E-state index is 13.9. The Morgan fingerprint density at radius 2 is 1.82 bits per heavy atom. The molecule has 3 unspecified atom stereocenters. The van der Waals surface area contributed by atoms with Gasteiger partial charge in [-0.2, -0.15) is 0 Å². The molecule has 1 amide bonds. The van der Waals surface area contributed by atoms with E-state index in [0.29, 0.717) is 18.8 Å². The number of carbonyl (C=O) groups is 1. The minimum absolute atomic E-state index is 0.0646. The van der Waals surface area contributed by atoms with Crippen molar-refractivity contribution in [1.82, 2.24) is 29.7 Å². The summed E-state index contributed by atoms with van der Waals surface area (Å²) in [6, 6.07) is 20.6. The maximum atomic E-state index is 13.9. The molecule has 2 aromatic carbocycles. The highest BCUT2D eigenvalue weighted by atomic mass is 16.2. The van der Waals surface area contributed by atoms with Crippen LogP contribution in [0.25, 0.3) is 11.1 Å². The molecule has 0 saturated heterocycles. The van der Waals surface area contributed by atoms with Crippen molar-refractivity contribution in [2.45, 2.75) is 38.1 Å². The Labute approximate surface area is 220 Å². The van der Waals surface area contributed by atoms with Crippen LogP contribution >= 0.6 is 0 Å². The number of nitrogens with one attached hydrogen (secondary N) is 2. The Bertz CT molecular complexity index is 1660. The lowest BCUT2D eigenvalue weighted by Crippen LogP contribution is -2.55. The monoisotopic (exact) mass is 501 g/mol. The molecule has 0 saturated carbocycles. The second-order valence-electron chi connectivity index (χ2n) is 10.8. The van der Waals surface area contributed by atoms with Crippen LogP contribution in [0.15, 0.2) is 85.6 Å².